The number of nitrogens with zero attached hydrogens (tertiary/aromatic N) is 2. The molecular formula is C50H36N2. The van der Waals surface area contributed by atoms with Crippen LogP contribution in [0.25, 0.3) is 60.2 Å². The molecular weight excluding hydrogens is 629 g/mol. The monoisotopic (exact) mass is 664 g/mol. The van der Waals surface area contributed by atoms with Crippen molar-refractivity contribution >= 4 is 60.4 Å². The van der Waals surface area contributed by atoms with E-state index in [4.69, 9.17) is 0 Å². The first-order valence-corrected chi connectivity index (χ1v) is 17.8. The number of hydrogen-bond donors (Lipinski definition) is 0. The fourth-order valence-corrected chi connectivity index (χ4v) is 7.46. The van der Waals surface area contributed by atoms with Gasteiger partial charge in [-0.05, 0) is 99.4 Å². The number of para-hydroxylation sites is 3. The predicted octanol–water partition coefficient (Wildman–Crippen LogP) is 13.9. The Kier molecular flexibility index (Phi) is 8.24. The Morgan fingerprint density at radius 2 is 0.692 bits per heavy atom. The minimum atomic E-state index is 1.11. The summed E-state index contributed by atoms with van der Waals surface area (Å²) in [6.45, 7) is 0. The van der Waals surface area contributed by atoms with E-state index < -0.39 is 0 Å². The van der Waals surface area contributed by atoms with Crippen molar-refractivity contribution in [3.05, 3.63) is 218 Å². The minimum Gasteiger partial charge on any atom is -0.311 e. The second kappa shape index (κ2) is 13.8. The molecule has 0 spiro atoms. The Morgan fingerprint density at radius 1 is 0.308 bits per heavy atom. The van der Waals surface area contributed by atoms with Gasteiger partial charge in [-0.2, -0.15) is 0 Å². The van der Waals surface area contributed by atoms with Gasteiger partial charge >= 0.3 is 0 Å². The molecule has 52 heavy (non-hydrogen) atoms. The number of benzene rings is 9. The third kappa shape index (κ3) is 5.77. The molecule has 0 saturated heterocycles. The van der Waals surface area contributed by atoms with Crippen molar-refractivity contribution in [3.63, 3.8) is 0 Å². The van der Waals surface area contributed by atoms with Gasteiger partial charge in [-0.3, -0.25) is 0 Å². The summed E-state index contributed by atoms with van der Waals surface area (Å²) in [6.07, 6.45) is 0. The Balaban J connectivity index is 0.000000548. The standard InChI is InChI=1S/C44H30N2.C6H6/c1-2-14-34(15-3-1)45(36-26-28-37(29-27-36)46-42-20-10-8-18-40(42)41-19-9-11-21-43(41)46)35-24-22-31(23-25-35)44-38-16-6-4-12-32(38)30-33-13-5-7-17-39(33)44;1-2-4-6-5-3-1/h1-30H;1-6H. The fourth-order valence-electron chi connectivity index (χ4n) is 7.46. The lowest BCUT2D eigenvalue weighted by Crippen LogP contribution is -2.10. The molecule has 9 aromatic carbocycles. The fraction of sp³-hybridized carbons (Fsp3) is 0. The molecule has 2 heteroatoms. The number of aromatic nitrogens is 1. The van der Waals surface area contributed by atoms with Gasteiger partial charge in [0.25, 0.3) is 0 Å². The van der Waals surface area contributed by atoms with E-state index in [2.05, 4.69) is 191 Å². The van der Waals surface area contributed by atoms with Gasteiger partial charge in [-0.1, -0.05) is 152 Å². The summed E-state index contributed by atoms with van der Waals surface area (Å²) in [5.41, 5.74) is 9.42. The average molecular weight is 665 g/mol. The zero-order chi connectivity index (χ0) is 34.7. The van der Waals surface area contributed by atoms with Crippen LogP contribution < -0.4 is 4.90 Å². The van der Waals surface area contributed by atoms with E-state index in [1.165, 1.54) is 54.5 Å². The van der Waals surface area contributed by atoms with Crippen LogP contribution in [0.3, 0.4) is 0 Å². The molecule has 0 atom stereocenters. The quantitative estimate of drug-likeness (QED) is 0.166. The third-order valence-corrected chi connectivity index (χ3v) is 9.81. The highest BCUT2D eigenvalue weighted by atomic mass is 15.1. The van der Waals surface area contributed by atoms with Gasteiger partial charge in [0.1, 0.15) is 0 Å². The molecule has 0 unspecified atom stereocenters. The van der Waals surface area contributed by atoms with Gasteiger partial charge in [0.15, 0.2) is 0 Å². The number of fused-ring (bicyclic) bond motifs is 5. The number of rotatable bonds is 5. The third-order valence-electron chi connectivity index (χ3n) is 9.81. The van der Waals surface area contributed by atoms with E-state index in [0.29, 0.717) is 0 Å². The Labute approximate surface area is 304 Å². The van der Waals surface area contributed by atoms with Crippen molar-refractivity contribution < 1.29 is 0 Å². The van der Waals surface area contributed by atoms with Gasteiger partial charge in [0, 0.05) is 33.5 Å². The predicted molar refractivity (Wildman–Crippen MR) is 222 cm³/mol. The van der Waals surface area contributed by atoms with Gasteiger partial charge in [-0.25, -0.2) is 0 Å². The van der Waals surface area contributed by atoms with Gasteiger partial charge in [0.2, 0.25) is 0 Å². The lowest BCUT2D eigenvalue weighted by atomic mass is 9.92. The maximum Gasteiger partial charge on any atom is 0.0541 e. The minimum absolute atomic E-state index is 1.11. The number of anilines is 3. The molecule has 0 radical (unpaired) electrons. The summed E-state index contributed by atoms with van der Waals surface area (Å²) in [7, 11) is 0. The summed E-state index contributed by atoms with van der Waals surface area (Å²) < 4.78 is 2.37. The molecule has 0 saturated carbocycles. The summed E-state index contributed by atoms with van der Waals surface area (Å²) in [4.78, 5) is 2.33. The maximum atomic E-state index is 2.37. The first-order valence-electron chi connectivity index (χ1n) is 17.8. The summed E-state index contributed by atoms with van der Waals surface area (Å²) in [6, 6.07) is 77.6. The smallest absolute Gasteiger partial charge is 0.0541 e. The highest BCUT2D eigenvalue weighted by molar-refractivity contribution is 6.13. The SMILES string of the molecule is c1ccc(N(c2ccc(-c3c4ccccc4cc4ccccc34)cc2)c2ccc(-n3c4ccccc4c4ccccc43)cc2)cc1.c1ccccc1. The zero-order valence-electron chi connectivity index (χ0n) is 28.7. The lowest BCUT2D eigenvalue weighted by Gasteiger charge is -2.26. The Morgan fingerprint density at radius 3 is 1.21 bits per heavy atom. The van der Waals surface area contributed by atoms with E-state index in [1.807, 2.05) is 36.4 Å². The van der Waals surface area contributed by atoms with Crippen molar-refractivity contribution in [1.29, 1.82) is 0 Å². The molecule has 0 aliphatic carbocycles. The molecule has 0 amide bonds. The second-order valence-corrected chi connectivity index (χ2v) is 13.0. The van der Waals surface area contributed by atoms with Crippen LogP contribution in [0.4, 0.5) is 17.1 Å². The van der Waals surface area contributed by atoms with Crippen molar-refractivity contribution in [2.75, 3.05) is 4.90 Å². The van der Waals surface area contributed by atoms with Crippen LogP contribution in [-0.2, 0) is 0 Å². The highest BCUT2D eigenvalue weighted by Crippen LogP contribution is 2.40. The largest absolute Gasteiger partial charge is 0.311 e. The van der Waals surface area contributed by atoms with Gasteiger partial charge < -0.3 is 9.47 Å². The van der Waals surface area contributed by atoms with Crippen LogP contribution in [0.1, 0.15) is 0 Å². The van der Waals surface area contributed by atoms with E-state index in [9.17, 15) is 0 Å². The van der Waals surface area contributed by atoms with E-state index in [1.54, 1.807) is 0 Å². The molecule has 1 heterocycles. The van der Waals surface area contributed by atoms with Crippen LogP contribution >= 0.6 is 0 Å². The molecule has 0 aliphatic rings. The van der Waals surface area contributed by atoms with E-state index >= 15 is 0 Å². The van der Waals surface area contributed by atoms with Crippen LogP contribution in [0, 0.1) is 0 Å². The molecule has 1 aromatic heterocycles. The molecule has 246 valence electrons. The summed E-state index contributed by atoms with van der Waals surface area (Å²) in [5.74, 6) is 0. The zero-order valence-corrected chi connectivity index (χ0v) is 28.7. The topological polar surface area (TPSA) is 8.17 Å². The van der Waals surface area contributed by atoms with Crippen LogP contribution in [0.15, 0.2) is 218 Å². The molecule has 0 fully saturated rings. The highest BCUT2D eigenvalue weighted by Gasteiger charge is 2.16. The summed E-state index contributed by atoms with van der Waals surface area (Å²) in [5, 5.41) is 7.60. The van der Waals surface area contributed by atoms with Crippen LogP contribution in [0.5, 0.6) is 0 Å². The van der Waals surface area contributed by atoms with Crippen LogP contribution in [-0.4, -0.2) is 4.57 Å². The Bertz CT molecular complexity index is 2630. The van der Waals surface area contributed by atoms with Crippen molar-refractivity contribution in [2.45, 2.75) is 0 Å². The van der Waals surface area contributed by atoms with Crippen molar-refractivity contribution in [2.24, 2.45) is 0 Å². The first kappa shape index (κ1) is 31.1. The first-order chi connectivity index (χ1) is 25.8. The molecule has 10 rings (SSSR count). The van der Waals surface area contributed by atoms with Crippen molar-refractivity contribution in [1.82, 2.24) is 4.57 Å². The van der Waals surface area contributed by atoms with Crippen molar-refractivity contribution in [3.8, 4) is 16.8 Å². The molecule has 10 aromatic rings. The second-order valence-electron chi connectivity index (χ2n) is 13.0. The lowest BCUT2D eigenvalue weighted by molar-refractivity contribution is 1.17. The van der Waals surface area contributed by atoms with Crippen LogP contribution in [0.2, 0.25) is 0 Å². The molecule has 0 N–H and O–H groups in total. The van der Waals surface area contributed by atoms with Gasteiger partial charge in [0.05, 0.1) is 11.0 Å². The molecule has 0 aliphatic heterocycles. The normalized spacial score (nSPS) is 11.1. The number of hydrogen-bond acceptors (Lipinski definition) is 1. The average Bonchev–Trinajstić information content (AvgIpc) is 3.56. The molecule has 2 nitrogen and oxygen atoms in total. The van der Waals surface area contributed by atoms with E-state index in [0.717, 1.165) is 22.7 Å². The van der Waals surface area contributed by atoms with E-state index in [-0.39, 0.29) is 0 Å². The molecule has 0 bridgehead atoms. The maximum absolute atomic E-state index is 2.37. The summed E-state index contributed by atoms with van der Waals surface area (Å²) >= 11 is 0. The Hall–Kier alpha value is -6.90. The van der Waals surface area contributed by atoms with Gasteiger partial charge in [-0.15, -0.1) is 0 Å².